The third-order valence-corrected chi connectivity index (χ3v) is 5.40. The smallest absolute Gasteiger partial charge is 0.263 e. The van der Waals surface area contributed by atoms with Gasteiger partial charge in [-0.15, -0.1) is 0 Å². The molecule has 0 saturated heterocycles. The molecule has 2 aliphatic rings. The highest BCUT2D eigenvalue weighted by Crippen LogP contribution is 2.49. The van der Waals surface area contributed by atoms with E-state index in [-0.39, 0.29) is 17.3 Å². The third kappa shape index (κ3) is 2.42. The molecule has 4 rings (SSSR count). The Bertz CT molecular complexity index is 947. The standard InChI is InChI=1S/C21H24N4O/c1-13-6-5-7-14(10-13)16-9-8-15-11-20(2,3)12-21(17(15)23-16)18(26)25(4)19(22)24-21/h5-10H,11-12H2,1-4H3,(H2,22,24). The monoisotopic (exact) mass is 348 g/mol. The molecule has 2 heterocycles. The molecule has 1 atom stereocenters. The number of guanidine groups is 1. The zero-order chi connectivity index (χ0) is 18.7. The maximum Gasteiger partial charge on any atom is 0.263 e. The van der Waals surface area contributed by atoms with Gasteiger partial charge in [0, 0.05) is 12.6 Å². The van der Waals surface area contributed by atoms with Crippen LogP contribution < -0.4 is 5.73 Å². The van der Waals surface area contributed by atoms with Crippen molar-refractivity contribution in [2.75, 3.05) is 7.05 Å². The van der Waals surface area contributed by atoms with E-state index in [1.165, 1.54) is 10.5 Å². The number of amides is 1. The Kier molecular flexibility index (Phi) is 3.48. The summed E-state index contributed by atoms with van der Waals surface area (Å²) in [5.41, 5.74) is 9.89. The van der Waals surface area contributed by atoms with Crippen LogP contribution in [0, 0.1) is 12.3 Å². The second-order valence-corrected chi connectivity index (χ2v) is 8.29. The van der Waals surface area contributed by atoms with Gasteiger partial charge in [0.2, 0.25) is 0 Å². The Morgan fingerprint density at radius 3 is 2.62 bits per heavy atom. The molecule has 1 aromatic carbocycles. The predicted molar refractivity (Wildman–Crippen MR) is 103 cm³/mol. The van der Waals surface area contributed by atoms with Crippen molar-refractivity contribution < 1.29 is 4.79 Å². The zero-order valence-electron chi connectivity index (χ0n) is 15.7. The lowest BCUT2D eigenvalue weighted by Crippen LogP contribution is -2.46. The lowest BCUT2D eigenvalue weighted by molar-refractivity contribution is -0.132. The molecule has 0 fully saturated rings. The predicted octanol–water partition coefficient (Wildman–Crippen LogP) is 3.01. The molecule has 0 saturated carbocycles. The van der Waals surface area contributed by atoms with Crippen LogP contribution in [0.15, 0.2) is 41.4 Å². The van der Waals surface area contributed by atoms with Crippen LogP contribution in [0.1, 0.15) is 37.1 Å². The maximum absolute atomic E-state index is 13.1. The van der Waals surface area contributed by atoms with Crippen molar-refractivity contribution >= 4 is 11.9 Å². The largest absolute Gasteiger partial charge is 0.369 e. The number of rotatable bonds is 1. The van der Waals surface area contributed by atoms with Crippen molar-refractivity contribution in [3.63, 3.8) is 0 Å². The van der Waals surface area contributed by atoms with E-state index in [2.05, 4.69) is 44.0 Å². The molecule has 1 spiro atoms. The van der Waals surface area contributed by atoms with Crippen LogP contribution in [-0.2, 0) is 16.8 Å². The lowest BCUT2D eigenvalue weighted by Gasteiger charge is -2.40. The van der Waals surface area contributed by atoms with Crippen molar-refractivity contribution in [3.05, 3.63) is 53.2 Å². The molecule has 134 valence electrons. The molecule has 0 radical (unpaired) electrons. The van der Waals surface area contributed by atoms with Crippen molar-refractivity contribution in [1.29, 1.82) is 0 Å². The molecule has 2 aromatic rings. The Morgan fingerprint density at radius 1 is 1.19 bits per heavy atom. The van der Waals surface area contributed by atoms with Gasteiger partial charge in [-0.05, 0) is 42.9 Å². The quantitative estimate of drug-likeness (QED) is 0.861. The lowest BCUT2D eigenvalue weighted by atomic mass is 9.67. The fraction of sp³-hybridized carbons (Fsp3) is 0.381. The number of fused-ring (bicyclic) bond motifs is 2. The number of benzene rings is 1. The van der Waals surface area contributed by atoms with Crippen LogP contribution in [0.4, 0.5) is 0 Å². The first-order valence-corrected chi connectivity index (χ1v) is 8.93. The SMILES string of the molecule is Cc1cccc(-c2ccc3c(n2)C2(CC(C)(C)C3)N=C(N)N(C)C2=O)c1. The van der Waals surface area contributed by atoms with Gasteiger partial charge in [0.1, 0.15) is 0 Å². The summed E-state index contributed by atoms with van der Waals surface area (Å²) in [6.07, 6.45) is 1.48. The first-order valence-electron chi connectivity index (χ1n) is 8.93. The van der Waals surface area contributed by atoms with Crippen LogP contribution in [-0.4, -0.2) is 28.8 Å². The third-order valence-electron chi connectivity index (χ3n) is 5.40. The molecule has 1 aromatic heterocycles. The number of nitrogens with zero attached hydrogens (tertiary/aromatic N) is 3. The van der Waals surface area contributed by atoms with E-state index < -0.39 is 5.54 Å². The minimum absolute atomic E-state index is 0.0514. The van der Waals surface area contributed by atoms with Gasteiger partial charge in [0.25, 0.3) is 5.91 Å². The van der Waals surface area contributed by atoms with Crippen molar-refractivity contribution in [2.45, 2.75) is 39.2 Å². The molecule has 1 unspecified atom stereocenters. The van der Waals surface area contributed by atoms with Gasteiger partial charge in [0.05, 0.1) is 11.4 Å². The van der Waals surface area contributed by atoms with Crippen molar-refractivity contribution in [3.8, 4) is 11.3 Å². The summed E-state index contributed by atoms with van der Waals surface area (Å²) in [6.45, 7) is 6.40. The second kappa shape index (κ2) is 5.40. The Hall–Kier alpha value is -2.69. The summed E-state index contributed by atoms with van der Waals surface area (Å²) in [7, 11) is 1.68. The van der Waals surface area contributed by atoms with Crippen LogP contribution in [0.25, 0.3) is 11.3 Å². The molecular formula is C21H24N4O. The van der Waals surface area contributed by atoms with E-state index in [4.69, 9.17) is 10.7 Å². The number of carbonyl (C=O) groups is 1. The number of hydrogen-bond acceptors (Lipinski definition) is 4. The molecule has 1 aliphatic heterocycles. The summed E-state index contributed by atoms with van der Waals surface area (Å²) in [5.74, 6) is 0.180. The first kappa shape index (κ1) is 16.8. The van der Waals surface area contributed by atoms with E-state index in [1.54, 1.807) is 7.05 Å². The normalized spacial score (nSPS) is 23.9. The first-order chi connectivity index (χ1) is 12.2. The summed E-state index contributed by atoms with van der Waals surface area (Å²) < 4.78 is 0. The van der Waals surface area contributed by atoms with Crippen LogP contribution in [0.5, 0.6) is 0 Å². The number of aliphatic imine (C=N–C) groups is 1. The molecule has 5 nitrogen and oxygen atoms in total. The fourth-order valence-corrected chi connectivity index (χ4v) is 4.28. The Morgan fingerprint density at radius 2 is 1.96 bits per heavy atom. The highest BCUT2D eigenvalue weighted by molar-refractivity contribution is 6.07. The molecule has 2 N–H and O–H groups in total. The summed E-state index contributed by atoms with van der Waals surface area (Å²) in [4.78, 5) is 24.2. The van der Waals surface area contributed by atoms with Crippen LogP contribution in [0.2, 0.25) is 0 Å². The summed E-state index contributed by atoms with van der Waals surface area (Å²) in [5, 5.41) is 0. The Balaban J connectivity index is 1.93. The molecule has 5 heteroatoms. The summed E-state index contributed by atoms with van der Waals surface area (Å²) in [6, 6.07) is 12.4. The second-order valence-electron chi connectivity index (χ2n) is 8.29. The number of hydrogen-bond donors (Lipinski definition) is 1. The van der Waals surface area contributed by atoms with E-state index in [0.717, 1.165) is 28.9 Å². The topological polar surface area (TPSA) is 71.6 Å². The molecule has 0 bridgehead atoms. The maximum atomic E-state index is 13.1. The number of aromatic nitrogens is 1. The fourth-order valence-electron chi connectivity index (χ4n) is 4.28. The van der Waals surface area contributed by atoms with Gasteiger partial charge in [-0.25, -0.2) is 9.98 Å². The van der Waals surface area contributed by atoms with E-state index in [1.807, 2.05) is 18.2 Å². The van der Waals surface area contributed by atoms with Gasteiger partial charge in [0.15, 0.2) is 11.5 Å². The van der Waals surface area contributed by atoms with E-state index >= 15 is 0 Å². The zero-order valence-corrected chi connectivity index (χ0v) is 15.7. The average molecular weight is 348 g/mol. The molecule has 1 amide bonds. The van der Waals surface area contributed by atoms with E-state index in [0.29, 0.717) is 6.42 Å². The van der Waals surface area contributed by atoms with E-state index in [9.17, 15) is 4.79 Å². The molecule has 26 heavy (non-hydrogen) atoms. The van der Waals surface area contributed by atoms with Gasteiger partial charge < -0.3 is 5.73 Å². The Labute approximate surface area is 154 Å². The highest BCUT2D eigenvalue weighted by Gasteiger charge is 2.55. The van der Waals surface area contributed by atoms with Gasteiger partial charge in [-0.2, -0.15) is 0 Å². The molecular weight excluding hydrogens is 324 g/mol. The minimum Gasteiger partial charge on any atom is -0.369 e. The van der Waals surface area contributed by atoms with Gasteiger partial charge in [-0.1, -0.05) is 43.7 Å². The average Bonchev–Trinajstić information content (AvgIpc) is 2.78. The molecule has 1 aliphatic carbocycles. The van der Waals surface area contributed by atoms with Crippen molar-refractivity contribution in [1.82, 2.24) is 9.88 Å². The van der Waals surface area contributed by atoms with Gasteiger partial charge >= 0.3 is 0 Å². The highest BCUT2D eigenvalue weighted by atomic mass is 16.2. The van der Waals surface area contributed by atoms with Gasteiger partial charge in [-0.3, -0.25) is 9.69 Å². The minimum atomic E-state index is -1.00. The van der Waals surface area contributed by atoms with Crippen LogP contribution >= 0.6 is 0 Å². The van der Waals surface area contributed by atoms with Crippen LogP contribution in [0.3, 0.4) is 0 Å². The number of pyridine rings is 1. The number of nitrogens with two attached hydrogens (primary N) is 1. The summed E-state index contributed by atoms with van der Waals surface area (Å²) >= 11 is 0. The number of aryl methyl sites for hydroxylation is 1. The number of carbonyl (C=O) groups excluding carboxylic acids is 1. The van der Waals surface area contributed by atoms with Crippen molar-refractivity contribution in [2.24, 2.45) is 16.1 Å². The number of likely N-dealkylation sites (N-methyl/N-ethyl adjacent to an activating group) is 1.